The van der Waals surface area contributed by atoms with Crippen molar-refractivity contribution in [2.45, 2.75) is 122 Å². The van der Waals surface area contributed by atoms with Gasteiger partial charge in [0.15, 0.2) is 0 Å². The van der Waals surface area contributed by atoms with Crippen LogP contribution in [0.15, 0.2) is 35.0 Å². The van der Waals surface area contributed by atoms with Crippen LogP contribution in [0.1, 0.15) is 129 Å². The standard InChI is InChI=1S/C37H51IN2S4/c1-22(2)10-8-12-24(5)14-16-27-18-20-29(41-27)36-39-32-26(7)34-33(31(38)35(32)44-36)40-37(43-34)30-21-19-28(42-30)17-15-25(6)13-9-11-23(3)4/h18-25,31,35H,8-17H2,1-7H3. The van der Waals surface area contributed by atoms with Gasteiger partial charge in [0, 0.05) is 9.75 Å². The Hall–Kier alpha value is -0.480. The predicted molar refractivity (Wildman–Crippen MR) is 209 cm³/mol. The van der Waals surface area contributed by atoms with Crippen LogP contribution < -0.4 is 0 Å². The first-order valence-corrected chi connectivity index (χ1v) is 21.5. The van der Waals surface area contributed by atoms with E-state index in [-0.39, 0.29) is 0 Å². The summed E-state index contributed by atoms with van der Waals surface area (Å²) in [5.41, 5.74) is 3.88. The van der Waals surface area contributed by atoms with E-state index in [1.165, 1.54) is 116 Å². The normalized spacial score (nSPS) is 19.5. The van der Waals surface area contributed by atoms with Crippen LogP contribution in [0.5, 0.6) is 0 Å². The minimum absolute atomic E-state index is 0.342. The van der Waals surface area contributed by atoms with E-state index in [9.17, 15) is 0 Å². The second-order valence-corrected chi connectivity index (χ2v) is 19.9. The monoisotopic (exact) mass is 778 g/mol. The van der Waals surface area contributed by atoms with E-state index in [0.717, 1.165) is 23.7 Å². The number of aliphatic imine (C=N–C) groups is 1. The summed E-state index contributed by atoms with van der Waals surface area (Å²) < 4.78 is 0.342. The Balaban J connectivity index is 1.21. The molecule has 0 saturated carbocycles. The molecule has 2 aliphatic rings. The van der Waals surface area contributed by atoms with Crippen LogP contribution in [0.25, 0.3) is 15.5 Å². The van der Waals surface area contributed by atoms with Gasteiger partial charge >= 0.3 is 0 Å². The van der Waals surface area contributed by atoms with E-state index in [2.05, 4.69) is 95.3 Å². The predicted octanol–water partition coefficient (Wildman–Crippen LogP) is 13.5. The average molecular weight is 779 g/mol. The highest BCUT2D eigenvalue weighted by Crippen LogP contribution is 2.54. The molecule has 44 heavy (non-hydrogen) atoms. The molecule has 0 bridgehead atoms. The molecule has 0 amide bonds. The first-order chi connectivity index (χ1) is 21.1. The number of rotatable bonds is 16. The molecule has 240 valence electrons. The molecule has 4 heterocycles. The smallest absolute Gasteiger partial charge is 0.134 e. The van der Waals surface area contributed by atoms with Gasteiger partial charge < -0.3 is 0 Å². The van der Waals surface area contributed by atoms with Gasteiger partial charge in [-0.25, -0.2) is 9.98 Å². The van der Waals surface area contributed by atoms with E-state index in [0.29, 0.717) is 9.17 Å². The lowest BCUT2D eigenvalue weighted by Gasteiger charge is -2.23. The number of halogens is 1. The molecule has 0 N–H and O–H groups in total. The molecule has 0 spiro atoms. The summed E-state index contributed by atoms with van der Waals surface area (Å²) in [5.74, 6) is 3.25. The fourth-order valence-corrected chi connectivity index (χ4v) is 12.2. The number of hydrogen-bond donors (Lipinski definition) is 0. The first-order valence-electron chi connectivity index (χ1n) is 16.9. The van der Waals surface area contributed by atoms with Crippen molar-refractivity contribution in [2.75, 3.05) is 0 Å². The van der Waals surface area contributed by atoms with E-state index in [4.69, 9.17) is 9.98 Å². The zero-order valence-electron chi connectivity index (χ0n) is 27.7. The van der Waals surface area contributed by atoms with Gasteiger partial charge in [-0.2, -0.15) is 0 Å². The third-order valence-corrected chi connectivity index (χ3v) is 16.0. The minimum Gasteiger partial charge on any atom is -0.243 e. The number of hydrogen-bond acceptors (Lipinski definition) is 6. The topological polar surface area (TPSA) is 25.2 Å². The molecule has 3 aromatic rings. The molecule has 4 atom stereocenters. The van der Waals surface area contributed by atoms with Crippen LogP contribution >= 0.6 is 68.4 Å². The summed E-state index contributed by atoms with van der Waals surface area (Å²) in [6.45, 7) is 16.5. The summed E-state index contributed by atoms with van der Waals surface area (Å²) in [4.78, 5) is 17.6. The molecular weight excluding hydrogens is 728 g/mol. The van der Waals surface area contributed by atoms with Crippen molar-refractivity contribution in [1.29, 1.82) is 0 Å². The lowest BCUT2D eigenvalue weighted by atomic mass is 9.96. The number of thiophene rings is 2. The van der Waals surface area contributed by atoms with Crippen molar-refractivity contribution in [3.63, 3.8) is 0 Å². The Morgan fingerprint density at radius 1 is 0.727 bits per heavy atom. The van der Waals surface area contributed by atoms with E-state index >= 15 is 0 Å². The third kappa shape index (κ3) is 8.90. The molecule has 3 aromatic heterocycles. The van der Waals surface area contributed by atoms with E-state index in [1.807, 2.05) is 45.8 Å². The SMILES string of the molecule is CC1=C2N=C(c3ccc(CCC(C)CCCC(C)C)s3)SC2C(I)c2nc(-c3ccc(CCC(C)CCCC(C)C)s3)sc21. The Morgan fingerprint density at radius 3 is 1.89 bits per heavy atom. The van der Waals surface area contributed by atoms with Crippen LogP contribution in [0, 0.1) is 23.7 Å². The molecule has 0 saturated heterocycles. The van der Waals surface area contributed by atoms with Crippen molar-refractivity contribution >= 4 is 79.0 Å². The van der Waals surface area contributed by atoms with Crippen molar-refractivity contribution < 1.29 is 0 Å². The number of thiazole rings is 1. The van der Waals surface area contributed by atoms with Gasteiger partial charge in [0.05, 0.1) is 35.2 Å². The second-order valence-electron chi connectivity index (χ2n) is 14.1. The highest BCUT2D eigenvalue weighted by atomic mass is 127. The molecule has 1 aliphatic heterocycles. The number of thioether (sulfide) groups is 1. The molecule has 0 radical (unpaired) electrons. The molecule has 5 rings (SSSR count). The van der Waals surface area contributed by atoms with Gasteiger partial charge in [0.2, 0.25) is 0 Å². The van der Waals surface area contributed by atoms with Crippen molar-refractivity contribution in [1.82, 2.24) is 4.98 Å². The molecular formula is C37H51IN2S4. The maximum Gasteiger partial charge on any atom is 0.134 e. The summed E-state index contributed by atoms with van der Waals surface area (Å²) in [6.07, 6.45) is 13.1. The highest BCUT2D eigenvalue weighted by molar-refractivity contribution is 14.1. The molecule has 0 aromatic carbocycles. The Bertz CT molecular complexity index is 1440. The Kier molecular flexibility index (Phi) is 12.7. The zero-order valence-corrected chi connectivity index (χ0v) is 33.2. The third-order valence-electron chi connectivity index (χ3n) is 9.10. The van der Waals surface area contributed by atoms with E-state index < -0.39 is 0 Å². The van der Waals surface area contributed by atoms with Crippen LogP contribution in [0.3, 0.4) is 0 Å². The molecule has 0 fully saturated rings. The molecule has 2 nitrogen and oxygen atoms in total. The number of allylic oxidation sites excluding steroid dienone is 1. The number of nitrogens with zero attached hydrogens (tertiary/aromatic N) is 2. The van der Waals surface area contributed by atoms with Crippen LogP contribution in [0.2, 0.25) is 0 Å². The van der Waals surface area contributed by atoms with Crippen LogP contribution in [-0.2, 0) is 12.8 Å². The molecule has 4 unspecified atom stereocenters. The lowest BCUT2D eigenvalue weighted by Crippen LogP contribution is -2.16. The summed E-state index contributed by atoms with van der Waals surface area (Å²) in [5, 5.41) is 2.76. The van der Waals surface area contributed by atoms with Gasteiger partial charge in [-0.1, -0.05) is 114 Å². The number of aryl methyl sites for hydroxylation is 2. The van der Waals surface area contributed by atoms with Crippen LogP contribution in [-0.4, -0.2) is 15.3 Å². The van der Waals surface area contributed by atoms with Crippen molar-refractivity contribution in [2.24, 2.45) is 28.7 Å². The summed E-state index contributed by atoms with van der Waals surface area (Å²) in [7, 11) is 0. The second kappa shape index (κ2) is 16.1. The highest BCUT2D eigenvalue weighted by Gasteiger charge is 2.41. The Labute approximate surface area is 297 Å². The molecule has 7 heteroatoms. The largest absolute Gasteiger partial charge is 0.243 e. The quantitative estimate of drug-likeness (QED) is 0.107. The Morgan fingerprint density at radius 2 is 1.30 bits per heavy atom. The van der Waals surface area contributed by atoms with Crippen molar-refractivity contribution in [3.8, 4) is 9.88 Å². The first kappa shape index (κ1) is 34.8. The maximum absolute atomic E-state index is 5.28. The summed E-state index contributed by atoms with van der Waals surface area (Å²) in [6, 6.07) is 9.32. The van der Waals surface area contributed by atoms with E-state index in [1.54, 1.807) is 0 Å². The number of aromatic nitrogens is 1. The average Bonchev–Trinajstić information content (AvgIpc) is 3.78. The fourth-order valence-electron chi connectivity index (χ4n) is 6.21. The van der Waals surface area contributed by atoms with Gasteiger partial charge in [-0.3, -0.25) is 0 Å². The summed E-state index contributed by atoms with van der Waals surface area (Å²) >= 11 is 10.4. The van der Waals surface area contributed by atoms with Gasteiger partial charge in [-0.15, -0.1) is 34.0 Å². The fraction of sp³-hybridized carbons (Fsp3) is 0.622. The van der Waals surface area contributed by atoms with Crippen molar-refractivity contribution in [3.05, 3.63) is 55.2 Å². The molecule has 1 aliphatic carbocycles. The van der Waals surface area contributed by atoms with Gasteiger partial charge in [-0.05, 0) is 86.1 Å². The lowest BCUT2D eigenvalue weighted by molar-refractivity contribution is 0.437. The van der Waals surface area contributed by atoms with Gasteiger partial charge in [0.25, 0.3) is 0 Å². The maximum atomic E-state index is 5.28. The van der Waals surface area contributed by atoms with Gasteiger partial charge in [0.1, 0.15) is 10.1 Å². The number of alkyl halides is 1. The van der Waals surface area contributed by atoms with Crippen LogP contribution in [0.4, 0.5) is 0 Å². The number of fused-ring (bicyclic) bond motifs is 2. The zero-order chi connectivity index (χ0) is 31.4. The minimum atomic E-state index is 0.342.